The molecule has 0 spiro atoms. The SMILES string of the molecule is CCNc1ccc(C(=O)Nc2ccccc2C)cc1C. The monoisotopic (exact) mass is 268 g/mol. The van der Waals surface area contributed by atoms with E-state index in [1.165, 1.54) is 0 Å². The van der Waals surface area contributed by atoms with Crippen LogP contribution in [-0.4, -0.2) is 12.5 Å². The minimum atomic E-state index is -0.0783. The van der Waals surface area contributed by atoms with Gasteiger partial charge in [0, 0.05) is 23.5 Å². The fraction of sp³-hybridized carbons (Fsp3) is 0.235. The van der Waals surface area contributed by atoms with Crippen molar-refractivity contribution in [3.8, 4) is 0 Å². The molecule has 0 aliphatic rings. The number of amides is 1. The Hall–Kier alpha value is -2.29. The molecule has 0 saturated carbocycles. The Balaban J connectivity index is 2.18. The Morgan fingerprint density at radius 1 is 1.00 bits per heavy atom. The number of aryl methyl sites for hydroxylation is 2. The Bertz CT molecular complexity index is 620. The van der Waals surface area contributed by atoms with Crippen LogP contribution in [0.1, 0.15) is 28.4 Å². The highest BCUT2D eigenvalue weighted by Crippen LogP contribution is 2.19. The van der Waals surface area contributed by atoms with E-state index in [1.54, 1.807) is 0 Å². The molecule has 2 N–H and O–H groups in total. The van der Waals surface area contributed by atoms with Gasteiger partial charge in [-0.15, -0.1) is 0 Å². The van der Waals surface area contributed by atoms with Crippen molar-refractivity contribution in [3.63, 3.8) is 0 Å². The number of hydrogen-bond acceptors (Lipinski definition) is 2. The topological polar surface area (TPSA) is 41.1 Å². The lowest BCUT2D eigenvalue weighted by molar-refractivity contribution is 0.102. The smallest absolute Gasteiger partial charge is 0.255 e. The summed E-state index contributed by atoms with van der Waals surface area (Å²) in [5.74, 6) is -0.0783. The molecule has 20 heavy (non-hydrogen) atoms. The number of benzene rings is 2. The molecule has 0 fully saturated rings. The first kappa shape index (κ1) is 14.1. The molecule has 0 bridgehead atoms. The molecule has 3 nitrogen and oxygen atoms in total. The average molecular weight is 268 g/mol. The molecule has 1 amide bonds. The maximum atomic E-state index is 12.3. The normalized spacial score (nSPS) is 10.2. The standard InChI is InChI=1S/C17H20N2O/c1-4-18-15-10-9-14(11-13(15)3)17(20)19-16-8-6-5-7-12(16)2/h5-11,18H,4H2,1-3H3,(H,19,20). The molecule has 2 rings (SSSR count). The number of rotatable bonds is 4. The summed E-state index contributed by atoms with van der Waals surface area (Å²) in [5, 5.41) is 6.21. The largest absolute Gasteiger partial charge is 0.385 e. The second-order valence-corrected chi connectivity index (χ2v) is 4.83. The van der Waals surface area contributed by atoms with Gasteiger partial charge >= 0.3 is 0 Å². The molecule has 0 radical (unpaired) electrons. The van der Waals surface area contributed by atoms with Gasteiger partial charge in [-0.2, -0.15) is 0 Å². The molecule has 0 aliphatic carbocycles. The van der Waals surface area contributed by atoms with Gasteiger partial charge in [0.1, 0.15) is 0 Å². The average Bonchev–Trinajstić information content (AvgIpc) is 2.43. The molecule has 3 heteroatoms. The van der Waals surface area contributed by atoms with E-state index in [1.807, 2.05) is 56.3 Å². The first-order chi connectivity index (χ1) is 9.61. The molecule has 2 aromatic carbocycles. The molecule has 0 aliphatic heterocycles. The number of anilines is 2. The third-order valence-corrected chi connectivity index (χ3v) is 3.25. The lowest BCUT2D eigenvalue weighted by atomic mass is 10.1. The number of para-hydroxylation sites is 1. The third-order valence-electron chi connectivity index (χ3n) is 3.25. The van der Waals surface area contributed by atoms with Gasteiger partial charge in [0.25, 0.3) is 5.91 Å². The van der Waals surface area contributed by atoms with Gasteiger partial charge in [0.2, 0.25) is 0 Å². The molecule has 0 heterocycles. The van der Waals surface area contributed by atoms with Crippen molar-refractivity contribution in [1.29, 1.82) is 0 Å². The summed E-state index contributed by atoms with van der Waals surface area (Å²) in [4.78, 5) is 12.3. The van der Waals surface area contributed by atoms with Crippen molar-refractivity contribution in [1.82, 2.24) is 0 Å². The van der Waals surface area contributed by atoms with Crippen LogP contribution in [0.2, 0.25) is 0 Å². The summed E-state index contributed by atoms with van der Waals surface area (Å²) in [5.41, 5.74) is 4.73. The summed E-state index contributed by atoms with van der Waals surface area (Å²) in [6.07, 6.45) is 0. The van der Waals surface area contributed by atoms with Crippen molar-refractivity contribution in [2.45, 2.75) is 20.8 Å². The highest BCUT2D eigenvalue weighted by molar-refractivity contribution is 6.05. The zero-order chi connectivity index (χ0) is 14.5. The third kappa shape index (κ3) is 3.18. The van der Waals surface area contributed by atoms with Crippen molar-refractivity contribution in [3.05, 3.63) is 59.2 Å². The second-order valence-electron chi connectivity index (χ2n) is 4.83. The molecule has 0 unspecified atom stereocenters. The number of nitrogens with one attached hydrogen (secondary N) is 2. The lowest BCUT2D eigenvalue weighted by Gasteiger charge is -2.11. The van der Waals surface area contributed by atoms with Crippen molar-refractivity contribution >= 4 is 17.3 Å². The Morgan fingerprint density at radius 3 is 2.40 bits per heavy atom. The Labute approximate surface area is 120 Å². The highest BCUT2D eigenvalue weighted by Gasteiger charge is 2.09. The van der Waals surface area contributed by atoms with E-state index < -0.39 is 0 Å². The summed E-state index contributed by atoms with van der Waals surface area (Å²) in [6, 6.07) is 13.5. The second kappa shape index (κ2) is 6.24. The predicted molar refractivity (Wildman–Crippen MR) is 84.5 cm³/mol. The molecule has 0 aromatic heterocycles. The summed E-state index contributed by atoms with van der Waals surface area (Å²) in [7, 11) is 0. The van der Waals surface area contributed by atoms with Gasteiger partial charge in [0.15, 0.2) is 0 Å². The van der Waals surface area contributed by atoms with Crippen LogP contribution < -0.4 is 10.6 Å². The van der Waals surface area contributed by atoms with Crippen LogP contribution >= 0.6 is 0 Å². The van der Waals surface area contributed by atoms with Crippen LogP contribution in [0.5, 0.6) is 0 Å². The van der Waals surface area contributed by atoms with Crippen molar-refractivity contribution in [2.75, 3.05) is 17.2 Å². The fourth-order valence-corrected chi connectivity index (χ4v) is 2.10. The van der Waals surface area contributed by atoms with Crippen molar-refractivity contribution in [2.24, 2.45) is 0 Å². The van der Waals surface area contributed by atoms with Gasteiger partial charge in [-0.3, -0.25) is 4.79 Å². The number of carbonyl (C=O) groups is 1. The van der Waals surface area contributed by atoms with Crippen LogP contribution in [0, 0.1) is 13.8 Å². The van der Waals surface area contributed by atoms with Gasteiger partial charge < -0.3 is 10.6 Å². The summed E-state index contributed by atoms with van der Waals surface area (Å²) < 4.78 is 0. The molecule has 0 atom stereocenters. The predicted octanol–water partition coefficient (Wildman–Crippen LogP) is 3.99. The summed E-state index contributed by atoms with van der Waals surface area (Å²) >= 11 is 0. The van der Waals surface area contributed by atoms with E-state index >= 15 is 0 Å². The van der Waals surface area contributed by atoms with E-state index in [2.05, 4.69) is 17.6 Å². The highest BCUT2D eigenvalue weighted by atomic mass is 16.1. The van der Waals surface area contributed by atoms with E-state index in [9.17, 15) is 4.79 Å². The van der Waals surface area contributed by atoms with Crippen LogP contribution in [-0.2, 0) is 0 Å². The lowest BCUT2D eigenvalue weighted by Crippen LogP contribution is -2.13. The summed E-state index contributed by atoms with van der Waals surface area (Å²) in [6.45, 7) is 6.91. The van der Waals surface area contributed by atoms with Gasteiger partial charge in [0.05, 0.1) is 0 Å². The van der Waals surface area contributed by atoms with Crippen LogP contribution in [0.3, 0.4) is 0 Å². The minimum Gasteiger partial charge on any atom is -0.385 e. The Kier molecular flexibility index (Phi) is 4.41. The van der Waals surface area contributed by atoms with Crippen molar-refractivity contribution < 1.29 is 4.79 Å². The zero-order valence-corrected chi connectivity index (χ0v) is 12.2. The minimum absolute atomic E-state index is 0.0783. The van der Waals surface area contributed by atoms with E-state index in [0.717, 1.165) is 29.0 Å². The fourth-order valence-electron chi connectivity index (χ4n) is 2.10. The first-order valence-electron chi connectivity index (χ1n) is 6.83. The van der Waals surface area contributed by atoms with Crippen LogP contribution in [0.15, 0.2) is 42.5 Å². The molecule has 2 aromatic rings. The van der Waals surface area contributed by atoms with Crippen LogP contribution in [0.4, 0.5) is 11.4 Å². The molecular formula is C17H20N2O. The van der Waals surface area contributed by atoms with E-state index in [4.69, 9.17) is 0 Å². The molecule has 0 saturated heterocycles. The van der Waals surface area contributed by atoms with Gasteiger partial charge in [-0.25, -0.2) is 0 Å². The number of carbonyl (C=O) groups excluding carboxylic acids is 1. The maximum Gasteiger partial charge on any atom is 0.255 e. The zero-order valence-electron chi connectivity index (χ0n) is 12.2. The first-order valence-corrected chi connectivity index (χ1v) is 6.83. The van der Waals surface area contributed by atoms with Gasteiger partial charge in [-0.1, -0.05) is 18.2 Å². The van der Waals surface area contributed by atoms with Crippen LogP contribution in [0.25, 0.3) is 0 Å². The van der Waals surface area contributed by atoms with E-state index in [0.29, 0.717) is 5.56 Å². The number of hydrogen-bond donors (Lipinski definition) is 2. The van der Waals surface area contributed by atoms with Gasteiger partial charge in [-0.05, 0) is 56.2 Å². The van der Waals surface area contributed by atoms with E-state index in [-0.39, 0.29) is 5.91 Å². The molecule has 104 valence electrons. The maximum absolute atomic E-state index is 12.3. The quantitative estimate of drug-likeness (QED) is 0.880. The Morgan fingerprint density at radius 2 is 1.75 bits per heavy atom. The molecular weight excluding hydrogens is 248 g/mol.